The fraction of sp³-hybridized carbons (Fsp3) is 0.273. The molecule has 0 N–H and O–H groups in total. The Morgan fingerprint density at radius 1 is 1.19 bits per heavy atom. The normalized spacial score (nSPS) is 14.5. The molecule has 0 spiro atoms. The van der Waals surface area contributed by atoms with Crippen molar-refractivity contribution in [2.45, 2.75) is 24.3 Å². The van der Waals surface area contributed by atoms with Crippen molar-refractivity contribution in [1.29, 1.82) is 5.26 Å². The molecule has 31 heavy (non-hydrogen) atoms. The Hall–Kier alpha value is -3.35. The number of hydrogen-bond acceptors (Lipinski definition) is 6. The van der Waals surface area contributed by atoms with E-state index in [4.69, 9.17) is 9.47 Å². The fourth-order valence-electron chi connectivity index (χ4n) is 3.72. The Morgan fingerprint density at radius 2 is 1.97 bits per heavy atom. The van der Waals surface area contributed by atoms with Crippen LogP contribution in [-0.4, -0.2) is 43.3 Å². The van der Waals surface area contributed by atoms with Gasteiger partial charge in [-0.05, 0) is 43.2 Å². The lowest BCUT2D eigenvalue weighted by Gasteiger charge is -2.18. The number of ether oxygens (including phenoxy) is 2. The van der Waals surface area contributed by atoms with Crippen molar-refractivity contribution in [2.24, 2.45) is 0 Å². The van der Waals surface area contributed by atoms with Crippen LogP contribution in [0.25, 0.3) is 5.52 Å². The van der Waals surface area contributed by atoms with Gasteiger partial charge in [0.25, 0.3) is 0 Å². The summed E-state index contributed by atoms with van der Waals surface area (Å²) in [6, 6.07) is 11.8. The molecule has 1 saturated heterocycles. The van der Waals surface area contributed by atoms with Gasteiger partial charge in [-0.15, -0.1) is 0 Å². The van der Waals surface area contributed by atoms with E-state index >= 15 is 0 Å². The second kappa shape index (κ2) is 8.41. The number of nitrogens with zero attached hydrogens (tertiary/aromatic N) is 3. The number of benzene rings is 1. The van der Waals surface area contributed by atoms with E-state index in [1.54, 1.807) is 16.8 Å². The molecule has 160 valence electrons. The largest absolute Gasteiger partial charge is 0.495 e. The van der Waals surface area contributed by atoms with Crippen molar-refractivity contribution >= 4 is 21.5 Å². The molecule has 0 radical (unpaired) electrons. The molecule has 1 aliphatic heterocycles. The molecule has 9 heteroatoms. The molecule has 0 amide bonds. The van der Waals surface area contributed by atoms with Gasteiger partial charge in [0, 0.05) is 31.0 Å². The highest BCUT2D eigenvalue weighted by atomic mass is 32.2. The number of hydrogen-bond donors (Lipinski definition) is 0. The molecule has 1 fully saturated rings. The number of esters is 1. The summed E-state index contributed by atoms with van der Waals surface area (Å²) in [5, 5.41) is 9.49. The number of carbonyl (C=O) groups excluding carboxylic acids is 1. The van der Waals surface area contributed by atoms with Crippen LogP contribution in [0.4, 0.5) is 0 Å². The number of sulfonamides is 1. The Morgan fingerprint density at radius 3 is 2.68 bits per heavy atom. The average molecular weight is 439 g/mol. The maximum atomic E-state index is 13.0. The first-order valence-corrected chi connectivity index (χ1v) is 11.2. The highest BCUT2D eigenvalue weighted by molar-refractivity contribution is 7.89. The minimum absolute atomic E-state index is 0.0568. The van der Waals surface area contributed by atoms with Crippen LogP contribution in [0.2, 0.25) is 0 Å². The molecule has 0 atom stereocenters. The maximum absolute atomic E-state index is 13.0. The van der Waals surface area contributed by atoms with Crippen LogP contribution in [0, 0.1) is 11.3 Å². The average Bonchev–Trinajstić information content (AvgIpc) is 3.45. The van der Waals surface area contributed by atoms with Crippen molar-refractivity contribution in [3.05, 3.63) is 65.5 Å². The minimum atomic E-state index is -3.78. The molecule has 2 aromatic heterocycles. The van der Waals surface area contributed by atoms with Crippen molar-refractivity contribution in [1.82, 2.24) is 8.71 Å². The Balaban J connectivity index is 1.59. The molecule has 1 aliphatic rings. The van der Waals surface area contributed by atoms with E-state index in [1.165, 1.54) is 29.6 Å². The molecule has 3 heterocycles. The van der Waals surface area contributed by atoms with Gasteiger partial charge in [-0.3, -0.25) is 0 Å². The van der Waals surface area contributed by atoms with E-state index in [0.29, 0.717) is 24.2 Å². The fourth-order valence-corrected chi connectivity index (χ4v) is 5.41. The van der Waals surface area contributed by atoms with Gasteiger partial charge in [0.2, 0.25) is 10.0 Å². The summed E-state index contributed by atoms with van der Waals surface area (Å²) in [6.07, 6.45) is 5.14. The lowest BCUT2D eigenvalue weighted by Crippen LogP contribution is -2.28. The molecule has 0 bridgehead atoms. The summed E-state index contributed by atoms with van der Waals surface area (Å²) in [4.78, 5) is 12.6. The van der Waals surface area contributed by atoms with Gasteiger partial charge < -0.3 is 13.9 Å². The lowest BCUT2D eigenvalue weighted by atomic mass is 10.2. The number of carbonyl (C=O) groups is 1. The second-order valence-electron chi connectivity index (χ2n) is 7.19. The third kappa shape index (κ3) is 3.87. The Kier molecular flexibility index (Phi) is 5.67. The van der Waals surface area contributed by atoms with Gasteiger partial charge in [0.05, 0.1) is 23.8 Å². The van der Waals surface area contributed by atoms with Crippen molar-refractivity contribution in [3.63, 3.8) is 0 Å². The van der Waals surface area contributed by atoms with Gasteiger partial charge in [-0.1, -0.05) is 6.07 Å². The first-order chi connectivity index (χ1) is 15.0. The van der Waals surface area contributed by atoms with E-state index in [1.807, 2.05) is 18.2 Å². The van der Waals surface area contributed by atoms with Crippen LogP contribution in [-0.2, 0) is 21.4 Å². The quantitative estimate of drug-likeness (QED) is 0.548. The van der Waals surface area contributed by atoms with Gasteiger partial charge in [-0.2, -0.15) is 9.57 Å². The van der Waals surface area contributed by atoms with Crippen LogP contribution >= 0.6 is 0 Å². The summed E-state index contributed by atoms with van der Waals surface area (Å²) in [7, 11) is -2.39. The third-order valence-corrected chi connectivity index (χ3v) is 7.23. The van der Waals surface area contributed by atoms with Crippen LogP contribution in [0.1, 0.15) is 34.3 Å². The van der Waals surface area contributed by atoms with Gasteiger partial charge >= 0.3 is 5.97 Å². The summed E-state index contributed by atoms with van der Waals surface area (Å²) < 4.78 is 39.8. The first-order valence-electron chi connectivity index (χ1n) is 9.79. The van der Waals surface area contributed by atoms with Crippen LogP contribution in [0.3, 0.4) is 0 Å². The van der Waals surface area contributed by atoms with Crippen molar-refractivity contribution in [3.8, 4) is 11.8 Å². The third-order valence-electron chi connectivity index (χ3n) is 5.31. The van der Waals surface area contributed by atoms with Gasteiger partial charge in [0.15, 0.2) is 0 Å². The predicted molar refractivity (Wildman–Crippen MR) is 112 cm³/mol. The maximum Gasteiger partial charge on any atom is 0.338 e. The van der Waals surface area contributed by atoms with Crippen LogP contribution in [0.15, 0.2) is 53.7 Å². The van der Waals surface area contributed by atoms with E-state index in [-0.39, 0.29) is 22.8 Å². The van der Waals surface area contributed by atoms with Gasteiger partial charge in [0.1, 0.15) is 23.3 Å². The molecule has 4 rings (SSSR count). The summed E-state index contributed by atoms with van der Waals surface area (Å²) in [6.45, 7) is 0.780. The smallest absolute Gasteiger partial charge is 0.338 e. The topological polar surface area (TPSA) is 101 Å². The zero-order valence-corrected chi connectivity index (χ0v) is 17.8. The summed E-state index contributed by atoms with van der Waals surface area (Å²) >= 11 is 0. The van der Waals surface area contributed by atoms with E-state index in [2.05, 4.69) is 6.07 Å². The highest BCUT2D eigenvalue weighted by Crippen LogP contribution is 2.30. The molecular weight excluding hydrogens is 418 g/mol. The first kappa shape index (κ1) is 20.9. The zero-order valence-electron chi connectivity index (χ0n) is 16.9. The van der Waals surface area contributed by atoms with Gasteiger partial charge in [-0.25, -0.2) is 13.2 Å². The lowest BCUT2D eigenvalue weighted by molar-refractivity contribution is 0.0472. The van der Waals surface area contributed by atoms with Crippen LogP contribution < -0.4 is 4.74 Å². The van der Waals surface area contributed by atoms with Crippen molar-refractivity contribution in [2.75, 3.05) is 20.2 Å². The molecule has 0 unspecified atom stereocenters. The molecule has 3 aromatic rings. The number of pyridine rings is 1. The summed E-state index contributed by atoms with van der Waals surface area (Å²) in [5.74, 6) is -0.506. The van der Waals surface area contributed by atoms with E-state index in [0.717, 1.165) is 18.4 Å². The molecule has 1 aromatic carbocycles. The molecule has 0 saturated carbocycles. The number of nitriles is 1. The zero-order chi connectivity index (χ0) is 22.0. The highest BCUT2D eigenvalue weighted by Gasteiger charge is 2.31. The number of methoxy groups -OCH3 is 1. The van der Waals surface area contributed by atoms with Crippen LogP contribution in [0.5, 0.6) is 5.75 Å². The second-order valence-corrected chi connectivity index (χ2v) is 9.09. The van der Waals surface area contributed by atoms with Crippen molar-refractivity contribution < 1.29 is 22.7 Å². The SMILES string of the molecule is COc1ccc(C(=O)OCc2cn3ccccc3c2C#N)cc1S(=O)(=O)N1CCCC1. The monoisotopic (exact) mass is 439 g/mol. The number of aromatic nitrogens is 1. The minimum Gasteiger partial charge on any atom is -0.495 e. The summed E-state index contributed by atoms with van der Waals surface area (Å²) in [5.41, 5.74) is 1.82. The Bertz CT molecular complexity index is 1280. The van der Waals surface area contributed by atoms with E-state index in [9.17, 15) is 18.5 Å². The molecule has 0 aliphatic carbocycles. The standard InChI is InChI=1S/C22H21N3O5S/c1-29-20-8-7-16(12-21(20)31(27,28)25-10-4-5-11-25)22(26)30-15-17-14-24-9-3-2-6-19(24)18(17)13-23/h2-3,6-9,12,14H,4-5,10-11,15H2,1H3. The predicted octanol–water partition coefficient (Wildman–Crippen LogP) is 2.96. The molecular formula is C22H21N3O5S. The Labute approximate surface area is 180 Å². The number of fused-ring (bicyclic) bond motifs is 1. The molecule has 8 nitrogen and oxygen atoms in total. The van der Waals surface area contributed by atoms with E-state index < -0.39 is 16.0 Å². The number of rotatable bonds is 6.